The van der Waals surface area contributed by atoms with Gasteiger partial charge >= 0.3 is 0 Å². The van der Waals surface area contributed by atoms with Crippen LogP contribution in [-0.2, 0) is 0 Å². The summed E-state index contributed by atoms with van der Waals surface area (Å²) in [7, 11) is 0. The number of hydrogen-bond donors (Lipinski definition) is 1. The highest BCUT2D eigenvalue weighted by Crippen LogP contribution is 2.26. The number of nitrogens with zero attached hydrogens (tertiary/aromatic N) is 2. The van der Waals surface area contributed by atoms with Crippen LogP contribution in [0.5, 0.6) is 0 Å². The van der Waals surface area contributed by atoms with Crippen molar-refractivity contribution in [2.45, 2.75) is 25.4 Å². The SMILES string of the molecule is Cc1ncoc1C(=O)N1CCC2NCC21. The van der Waals surface area contributed by atoms with Crippen molar-refractivity contribution in [3.8, 4) is 0 Å². The molecule has 1 aromatic rings. The predicted molar refractivity (Wildman–Crippen MR) is 52.5 cm³/mol. The Balaban J connectivity index is 1.83. The summed E-state index contributed by atoms with van der Waals surface area (Å²) in [6, 6.07) is 0.860. The molecule has 1 amide bonds. The van der Waals surface area contributed by atoms with Gasteiger partial charge in [0, 0.05) is 19.1 Å². The van der Waals surface area contributed by atoms with Gasteiger partial charge in [-0.05, 0) is 13.3 Å². The molecule has 0 radical (unpaired) electrons. The number of carbonyl (C=O) groups is 1. The Morgan fingerprint density at radius 2 is 2.60 bits per heavy atom. The lowest BCUT2D eigenvalue weighted by Gasteiger charge is -2.36. The molecule has 2 unspecified atom stereocenters. The van der Waals surface area contributed by atoms with Gasteiger partial charge in [0.05, 0.1) is 11.7 Å². The van der Waals surface area contributed by atoms with Crippen LogP contribution in [-0.4, -0.2) is 41.0 Å². The summed E-state index contributed by atoms with van der Waals surface area (Å²) in [6.45, 7) is 3.52. The summed E-state index contributed by atoms with van der Waals surface area (Å²) < 4.78 is 5.12. The molecule has 1 N–H and O–H groups in total. The fourth-order valence-electron chi connectivity index (χ4n) is 2.35. The van der Waals surface area contributed by atoms with E-state index in [1.54, 1.807) is 6.92 Å². The van der Waals surface area contributed by atoms with Gasteiger partial charge < -0.3 is 14.6 Å². The molecule has 5 nitrogen and oxygen atoms in total. The van der Waals surface area contributed by atoms with E-state index in [4.69, 9.17) is 4.42 Å². The lowest BCUT2D eigenvalue weighted by Crippen LogP contribution is -2.60. The first-order valence-electron chi connectivity index (χ1n) is 5.22. The Morgan fingerprint density at radius 3 is 3.13 bits per heavy atom. The lowest BCUT2D eigenvalue weighted by molar-refractivity contribution is 0.0645. The second-order valence-electron chi connectivity index (χ2n) is 4.14. The smallest absolute Gasteiger partial charge is 0.291 e. The van der Waals surface area contributed by atoms with Gasteiger partial charge in [-0.25, -0.2) is 4.98 Å². The van der Waals surface area contributed by atoms with Crippen molar-refractivity contribution in [2.24, 2.45) is 0 Å². The van der Waals surface area contributed by atoms with E-state index in [0.29, 0.717) is 23.5 Å². The molecule has 0 aliphatic carbocycles. The number of carbonyl (C=O) groups excluding carboxylic acids is 1. The molecule has 2 aliphatic heterocycles. The van der Waals surface area contributed by atoms with Crippen molar-refractivity contribution >= 4 is 5.91 Å². The van der Waals surface area contributed by atoms with Crippen molar-refractivity contribution in [1.29, 1.82) is 0 Å². The Labute approximate surface area is 87.5 Å². The number of nitrogens with one attached hydrogen (secondary N) is 1. The molecule has 2 aliphatic rings. The largest absolute Gasteiger partial charge is 0.438 e. The Hall–Kier alpha value is -1.36. The van der Waals surface area contributed by atoms with Crippen LogP contribution < -0.4 is 5.32 Å². The molecule has 5 heteroatoms. The van der Waals surface area contributed by atoms with Crippen LogP contribution in [0.4, 0.5) is 0 Å². The van der Waals surface area contributed by atoms with E-state index in [2.05, 4.69) is 10.3 Å². The lowest BCUT2D eigenvalue weighted by atomic mass is 10.0. The molecule has 2 fully saturated rings. The van der Waals surface area contributed by atoms with E-state index in [1.165, 1.54) is 6.39 Å². The van der Waals surface area contributed by atoms with Gasteiger partial charge in [0.2, 0.25) is 5.76 Å². The van der Waals surface area contributed by atoms with E-state index < -0.39 is 0 Å². The minimum Gasteiger partial charge on any atom is -0.438 e. The first-order valence-corrected chi connectivity index (χ1v) is 5.22. The van der Waals surface area contributed by atoms with Gasteiger partial charge in [0.25, 0.3) is 5.91 Å². The maximum Gasteiger partial charge on any atom is 0.291 e. The number of amides is 1. The topological polar surface area (TPSA) is 58.4 Å². The van der Waals surface area contributed by atoms with Crippen LogP contribution >= 0.6 is 0 Å². The van der Waals surface area contributed by atoms with Gasteiger partial charge in [-0.2, -0.15) is 0 Å². The molecule has 0 saturated carbocycles. The maximum atomic E-state index is 12.1. The average Bonchev–Trinajstić information content (AvgIpc) is 2.70. The summed E-state index contributed by atoms with van der Waals surface area (Å²) in [5.74, 6) is 0.376. The molecule has 1 aromatic heterocycles. The van der Waals surface area contributed by atoms with Gasteiger partial charge in [-0.3, -0.25) is 4.79 Å². The third-order valence-corrected chi connectivity index (χ3v) is 3.34. The Kier molecular flexibility index (Phi) is 1.82. The molecule has 3 heterocycles. The first kappa shape index (κ1) is 8.91. The van der Waals surface area contributed by atoms with Crippen molar-refractivity contribution in [1.82, 2.24) is 15.2 Å². The summed E-state index contributed by atoms with van der Waals surface area (Å²) in [4.78, 5) is 17.9. The number of fused-ring (bicyclic) bond motifs is 1. The second-order valence-corrected chi connectivity index (χ2v) is 4.14. The zero-order valence-corrected chi connectivity index (χ0v) is 8.56. The highest BCUT2D eigenvalue weighted by Gasteiger charge is 2.43. The van der Waals surface area contributed by atoms with Crippen molar-refractivity contribution in [2.75, 3.05) is 13.1 Å². The number of hydrogen-bond acceptors (Lipinski definition) is 4. The van der Waals surface area contributed by atoms with Crippen LogP contribution in [0.2, 0.25) is 0 Å². The highest BCUT2D eigenvalue weighted by atomic mass is 16.3. The van der Waals surface area contributed by atoms with Crippen LogP contribution in [0, 0.1) is 6.92 Å². The molecule has 15 heavy (non-hydrogen) atoms. The number of rotatable bonds is 1. The number of likely N-dealkylation sites (tertiary alicyclic amines) is 1. The van der Waals surface area contributed by atoms with E-state index >= 15 is 0 Å². The van der Waals surface area contributed by atoms with Crippen LogP contribution in [0.15, 0.2) is 10.8 Å². The summed E-state index contributed by atoms with van der Waals surface area (Å²) in [6.07, 6.45) is 2.37. The summed E-state index contributed by atoms with van der Waals surface area (Å²) in [5, 5.41) is 3.31. The molecule has 0 bridgehead atoms. The van der Waals surface area contributed by atoms with E-state index in [1.807, 2.05) is 4.90 Å². The average molecular weight is 207 g/mol. The Bertz CT molecular complexity index is 401. The molecule has 3 rings (SSSR count). The zero-order chi connectivity index (χ0) is 10.4. The normalized spacial score (nSPS) is 28.7. The molecule has 0 aromatic carbocycles. The third-order valence-electron chi connectivity index (χ3n) is 3.34. The van der Waals surface area contributed by atoms with Gasteiger partial charge in [-0.15, -0.1) is 0 Å². The van der Waals surface area contributed by atoms with Crippen LogP contribution in [0.25, 0.3) is 0 Å². The molecular weight excluding hydrogens is 194 g/mol. The minimum atomic E-state index is -0.0148. The quantitative estimate of drug-likeness (QED) is 0.713. The fourth-order valence-corrected chi connectivity index (χ4v) is 2.35. The fraction of sp³-hybridized carbons (Fsp3) is 0.600. The van der Waals surface area contributed by atoms with E-state index in [-0.39, 0.29) is 5.91 Å². The molecule has 2 saturated heterocycles. The summed E-state index contributed by atoms with van der Waals surface area (Å²) in [5.41, 5.74) is 0.677. The van der Waals surface area contributed by atoms with E-state index in [9.17, 15) is 4.79 Å². The van der Waals surface area contributed by atoms with Gasteiger partial charge in [-0.1, -0.05) is 0 Å². The zero-order valence-electron chi connectivity index (χ0n) is 8.56. The molecule has 80 valence electrons. The standard InChI is InChI=1S/C10H13N3O2/c1-6-9(15-5-12-6)10(14)13-3-2-7-8(13)4-11-7/h5,7-8,11H,2-4H2,1H3. The molecule has 2 atom stereocenters. The predicted octanol–water partition coefficient (Wildman–Crippen LogP) is 0.169. The van der Waals surface area contributed by atoms with Crippen molar-refractivity contribution in [3.63, 3.8) is 0 Å². The molecule has 0 spiro atoms. The molecular formula is C10H13N3O2. The van der Waals surface area contributed by atoms with Gasteiger partial charge in [0.1, 0.15) is 0 Å². The maximum absolute atomic E-state index is 12.1. The van der Waals surface area contributed by atoms with Crippen LogP contribution in [0.1, 0.15) is 22.7 Å². The number of aromatic nitrogens is 1. The monoisotopic (exact) mass is 207 g/mol. The minimum absolute atomic E-state index is 0.0148. The van der Waals surface area contributed by atoms with Crippen molar-refractivity contribution < 1.29 is 9.21 Å². The highest BCUT2D eigenvalue weighted by molar-refractivity contribution is 5.93. The summed E-state index contributed by atoms with van der Waals surface area (Å²) >= 11 is 0. The van der Waals surface area contributed by atoms with Crippen molar-refractivity contribution in [3.05, 3.63) is 17.8 Å². The second kappa shape index (κ2) is 3.06. The number of aryl methyl sites for hydroxylation is 1. The third kappa shape index (κ3) is 1.19. The Morgan fingerprint density at radius 1 is 1.73 bits per heavy atom. The number of oxazole rings is 1. The van der Waals surface area contributed by atoms with E-state index in [0.717, 1.165) is 19.5 Å². The first-order chi connectivity index (χ1) is 7.27. The van der Waals surface area contributed by atoms with Gasteiger partial charge in [0.15, 0.2) is 6.39 Å². The van der Waals surface area contributed by atoms with Crippen LogP contribution in [0.3, 0.4) is 0 Å².